The van der Waals surface area contributed by atoms with Gasteiger partial charge in [0, 0.05) is 25.0 Å². The number of rotatable bonds is 3. The van der Waals surface area contributed by atoms with Crippen molar-refractivity contribution in [3.8, 4) is 6.07 Å². The molecule has 0 atom stereocenters. The van der Waals surface area contributed by atoms with Crippen LogP contribution in [-0.2, 0) is 0 Å². The summed E-state index contributed by atoms with van der Waals surface area (Å²) in [6.07, 6.45) is 6.61. The summed E-state index contributed by atoms with van der Waals surface area (Å²) in [7, 11) is 0. The van der Waals surface area contributed by atoms with Gasteiger partial charge in [-0.05, 0) is 43.5 Å². The Bertz CT molecular complexity index is 745. The SMILES string of the molecule is N#Cc1cccc(Nc2cncc(C(=O)N3CCCCC3)c2)c1. The van der Waals surface area contributed by atoms with E-state index in [1.807, 2.05) is 23.1 Å². The standard InChI is InChI=1S/C18H18N4O/c19-11-14-5-4-6-16(9-14)21-17-10-15(12-20-13-17)18(23)22-7-2-1-3-8-22/h4-6,9-10,12-13,21H,1-3,7-8H2. The fraction of sp³-hybridized carbons (Fsp3) is 0.278. The second-order valence-corrected chi connectivity index (χ2v) is 5.63. The van der Waals surface area contributed by atoms with Crippen molar-refractivity contribution in [2.75, 3.05) is 18.4 Å². The van der Waals surface area contributed by atoms with E-state index in [0.717, 1.165) is 37.3 Å². The van der Waals surface area contributed by atoms with E-state index >= 15 is 0 Å². The highest BCUT2D eigenvalue weighted by molar-refractivity contribution is 5.95. The molecule has 23 heavy (non-hydrogen) atoms. The van der Waals surface area contributed by atoms with Gasteiger partial charge in [0.1, 0.15) is 0 Å². The predicted molar refractivity (Wildman–Crippen MR) is 88.4 cm³/mol. The summed E-state index contributed by atoms with van der Waals surface area (Å²) in [6, 6.07) is 11.1. The Balaban J connectivity index is 1.76. The molecule has 0 saturated carbocycles. The van der Waals surface area contributed by atoms with Gasteiger partial charge in [-0.1, -0.05) is 6.07 Å². The molecular formula is C18H18N4O. The molecule has 5 nitrogen and oxygen atoms in total. The van der Waals surface area contributed by atoms with Gasteiger partial charge >= 0.3 is 0 Å². The molecule has 0 aliphatic carbocycles. The first kappa shape index (κ1) is 15.0. The van der Waals surface area contributed by atoms with Crippen LogP contribution in [0.15, 0.2) is 42.7 Å². The van der Waals surface area contributed by atoms with Crippen LogP contribution in [0.5, 0.6) is 0 Å². The van der Waals surface area contributed by atoms with Gasteiger partial charge < -0.3 is 10.2 Å². The fourth-order valence-electron chi connectivity index (χ4n) is 2.74. The van der Waals surface area contributed by atoms with Crippen LogP contribution in [0.4, 0.5) is 11.4 Å². The van der Waals surface area contributed by atoms with E-state index in [1.165, 1.54) is 6.42 Å². The minimum atomic E-state index is 0.0339. The molecule has 0 bridgehead atoms. The summed E-state index contributed by atoms with van der Waals surface area (Å²) in [6.45, 7) is 1.64. The summed E-state index contributed by atoms with van der Waals surface area (Å²) in [5, 5.41) is 12.1. The summed E-state index contributed by atoms with van der Waals surface area (Å²) in [5.41, 5.74) is 2.72. The Hall–Kier alpha value is -2.87. The van der Waals surface area contributed by atoms with E-state index in [2.05, 4.69) is 16.4 Å². The number of nitriles is 1. The number of hydrogen-bond acceptors (Lipinski definition) is 4. The number of nitrogens with one attached hydrogen (secondary N) is 1. The van der Waals surface area contributed by atoms with Gasteiger partial charge in [-0.2, -0.15) is 5.26 Å². The van der Waals surface area contributed by atoms with E-state index in [4.69, 9.17) is 5.26 Å². The van der Waals surface area contributed by atoms with Gasteiger partial charge in [-0.25, -0.2) is 0 Å². The lowest BCUT2D eigenvalue weighted by Crippen LogP contribution is -2.35. The van der Waals surface area contributed by atoms with Crippen LogP contribution >= 0.6 is 0 Å². The zero-order chi connectivity index (χ0) is 16.1. The Morgan fingerprint density at radius 1 is 1.13 bits per heavy atom. The van der Waals surface area contributed by atoms with Crippen molar-refractivity contribution in [1.29, 1.82) is 5.26 Å². The average Bonchev–Trinajstić information content (AvgIpc) is 2.62. The highest BCUT2D eigenvalue weighted by Gasteiger charge is 2.18. The molecule has 116 valence electrons. The molecule has 1 aliphatic rings. The summed E-state index contributed by atoms with van der Waals surface area (Å²) in [5.74, 6) is 0.0339. The molecule has 1 aromatic heterocycles. The molecule has 0 radical (unpaired) electrons. The Morgan fingerprint density at radius 3 is 2.74 bits per heavy atom. The van der Waals surface area contributed by atoms with Crippen molar-refractivity contribution in [1.82, 2.24) is 9.88 Å². The number of hydrogen-bond donors (Lipinski definition) is 1. The van der Waals surface area contributed by atoms with Crippen LogP contribution in [0.1, 0.15) is 35.2 Å². The van der Waals surface area contributed by atoms with Gasteiger partial charge in [0.25, 0.3) is 5.91 Å². The molecule has 1 saturated heterocycles. The maximum absolute atomic E-state index is 12.5. The number of amides is 1. The Morgan fingerprint density at radius 2 is 1.96 bits per heavy atom. The molecule has 0 unspecified atom stereocenters. The first-order valence-electron chi connectivity index (χ1n) is 7.78. The van der Waals surface area contributed by atoms with Crippen molar-refractivity contribution < 1.29 is 4.79 Å². The largest absolute Gasteiger partial charge is 0.354 e. The molecule has 1 fully saturated rings. The summed E-state index contributed by atoms with van der Waals surface area (Å²) >= 11 is 0. The van der Waals surface area contributed by atoms with E-state index in [-0.39, 0.29) is 5.91 Å². The van der Waals surface area contributed by atoms with Crippen molar-refractivity contribution >= 4 is 17.3 Å². The third kappa shape index (κ3) is 3.67. The molecular weight excluding hydrogens is 288 g/mol. The van der Waals surface area contributed by atoms with Gasteiger partial charge in [0.05, 0.1) is 29.1 Å². The number of carbonyl (C=O) groups excluding carboxylic acids is 1. The monoisotopic (exact) mass is 306 g/mol. The normalized spacial score (nSPS) is 14.1. The first-order valence-corrected chi connectivity index (χ1v) is 7.78. The predicted octanol–water partition coefficient (Wildman–Crippen LogP) is 3.32. The maximum atomic E-state index is 12.5. The smallest absolute Gasteiger partial charge is 0.255 e. The summed E-state index contributed by atoms with van der Waals surface area (Å²) < 4.78 is 0. The van der Waals surface area contributed by atoms with Gasteiger partial charge in [0.15, 0.2) is 0 Å². The molecule has 1 aromatic carbocycles. The number of benzene rings is 1. The van der Waals surface area contributed by atoms with Crippen LogP contribution in [0.2, 0.25) is 0 Å². The number of piperidine rings is 1. The lowest BCUT2D eigenvalue weighted by atomic mass is 10.1. The lowest BCUT2D eigenvalue weighted by Gasteiger charge is -2.26. The highest BCUT2D eigenvalue weighted by atomic mass is 16.2. The maximum Gasteiger partial charge on any atom is 0.255 e. The number of likely N-dealkylation sites (tertiary alicyclic amines) is 1. The Labute approximate surface area is 135 Å². The van der Waals surface area contributed by atoms with E-state index < -0.39 is 0 Å². The van der Waals surface area contributed by atoms with Crippen molar-refractivity contribution in [2.45, 2.75) is 19.3 Å². The molecule has 2 aromatic rings. The molecule has 3 rings (SSSR count). The molecule has 2 heterocycles. The van der Waals surface area contributed by atoms with Crippen molar-refractivity contribution in [3.63, 3.8) is 0 Å². The van der Waals surface area contributed by atoms with Crippen molar-refractivity contribution in [3.05, 3.63) is 53.9 Å². The van der Waals surface area contributed by atoms with Gasteiger partial charge in [-0.15, -0.1) is 0 Å². The molecule has 1 N–H and O–H groups in total. The number of nitrogens with zero attached hydrogens (tertiary/aromatic N) is 3. The highest BCUT2D eigenvalue weighted by Crippen LogP contribution is 2.19. The lowest BCUT2D eigenvalue weighted by molar-refractivity contribution is 0.0724. The van der Waals surface area contributed by atoms with Crippen LogP contribution in [0.25, 0.3) is 0 Å². The van der Waals surface area contributed by atoms with Crippen LogP contribution < -0.4 is 5.32 Å². The zero-order valence-electron chi connectivity index (χ0n) is 12.8. The minimum Gasteiger partial charge on any atom is -0.354 e. The number of carbonyl (C=O) groups is 1. The summed E-state index contributed by atoms with van der Waals surface area (Å²) in [4.78, 5) is 18.6. The average molecular weight is 306 g/mol. The number of anilines is 2. The van der Waals surface area contributed by atoms with E-state index in [1.54, 1.807) is 24.5 Å². The molecule has 1 amide bonds. The second-order valence-electron chi connectivity index (χ2n) is 5.63. The van der Waals surface area contributed by atoms with Crippen LogP contribution in [0.3, 0.4) is 0 Å². The van der Waals surface area contributed by atoms with Crippen LogP contribution in [-0.4, -0.2) is 28.9 Å². The third-order valence-electron chi connectivity index (χ3n) is 3.91. The number of aromatic nitrogens is 1. The van der Waals surface area contributed by atoms with Gasteiger partial charge in [0.2, 0.25) is 0 Å². The minimum absolute atomic E-state index is 0.0339. The third-order valence-corrected chi connectivity index (χ3v) is 3.91. The first-order chi connectivity index (χ1) is 11.3. The van der Waals surface area contributed by atoms with Crippen LogP contribution in [0, 0.1) is 11.3 Å². The van der Waals surface area contributed by atoms with Crippen molar-refractivity contribution in [2.24, 2.45) is 0 Å². The van der Waals surface area contributed by atoms with E-state index in [9.17, 15) is 4.79 Å². The second kappa shape index (κ2) is 6.93. The Kier molecular flexibility index (Phi) is 4.53. The topological polar surface area (TPSA) is 69.0 Å². The van der Waals surface area contributed by atoms with Gasteiger partial charge in [-0.3, -0.25) is 9.78 Å². The molecule has 5 heteroatoms. The molecule has 0 spiro atoms. The van der Waals surface area contributed by atoms with E-state index in [0.29, 0.717) is 11.1 Å². The molecule has 1 aliphatic heterocycles. The fourth-order valence-corrected chi connectivity index (χ4v) is 2.74. The number of pyridine rings is 1. The zero-order valence-corrected chi connectivity index (χ0v) is 12.8. The quantitative estimate of drug-likeness (QED) is 0.944.